The van der Waals surface area contributed by atoms with Gasteiger partial charge in [0.15, 0.2) is 0 Å². The summed E-state index contributed by atoms with van der Waals surface area (Å²) in [5.41, 5.74) is 2.16. The van der Waals surface area contributed by atoms with Gasteiger partial charge in [0, 0.05) is 23.9 Å². The highest BCUT2D eigenvalue weighted by Gasteiger charge is 2.19. The third kappa shape index (κ3) is 2.68. The van der Waals surface area contributed by atoms with Gasteiger partial charge in [-0.05, 0) is 37.1 Å². The van der Waals surface area contributed by atoms with Crippen molar-refractivity contribution in [3.05, 3.63) is 29.3 Å². The lowest BCUT2D eigenvalue weighted by Gasteiger charge is -2.12. The molecule has 1 heterocycles. The predicted octanol–water partition coefficient (Wildman–Crippen LogP) is 0.682. The van der Waals surface area contributed by atoms with E-state index in [1.807, 2.05) is 6.92 Å². The SMILES string of the molecule is CC(CCO)NC(=O)c1ccc2c(c1)CC(=O)N2. The van der Waals surface area contributed by atoms with E-state index < -0.39 is 0 Å². The van der Waals surface area contributed by atoms with Gasteiger partial charge in [-0.25, -0.2) is 0 Å². The quantitative estimate of drug-likeness (QED) is 0.733. The largest absolute Gasteiger partial charge is 0.396 e. The van der Waals surface area contributed by atoms with Gasteiger partial charge in [-0.1, -0.05) is 0 Å². The van der Waals surface area contributed by atoms with Crippen LogP contribution in [0.5, 0.6) is 0 Å². The first-order chi connectivity index (χ1) is 8.60. The molecule has 1 aliphatic rings. The Kier molecular flexibility index (Phi) is 3.62. The summed E-state index contributed by atoms with van der Waals surface area (Å²) < 4.78 is 0. The first kappa shape index (κ1) is 12.6. The highest BCUT2D eigenvalue weighted by atomic mass is 16.3. The number of anilines is 1. The Morgan fingerprint density at radius 3 is 3.06 bits per heavy atom. The maximum absolute atomic E-state index is 11.9. The molecular weight excluding hydrogens is 232 g/mol. The summed E-state index contributed by atoms with van der Waals surface area (Å²) in [5, 5.41) is 14.3. The summed E-state index contributed by atoms with van der Waals surface area (Å²) >= 11 is 0. The Bertz CT molecular complexity index is 485. The third-order valence-electron chi connectivity index (χ3n) is 2.93. The number of benzene rings is 1. The van der Waals surface area contributed by atoms with E-state index in [4.69, 9.17) is 5.11 Å². The van der Waals surface area contributed by atoms with E-state index in [0.29, 0.717) is 18.4 Å². The average molecular weight is 248 g/mol. The minimum absolute atomic E-state index is 0.0452. The molecule has 5 nitrogen and oxygen atoms in total. The molecule has 3 N–H and O–H groups in total. The highest BCUT2D eigenvalue weighted by Crippen LogP contribution is 2.23. The van der Waals surface area contributed by atoms with Crippen LogP contribution in [-0.2, 0) is 11.2 Å². The molecule has 0 aromatic heterocycles. The number of carbonyl (C=O) groups excluding carboxylic acids is 2. The Hall–Kier alpha value is -1.88. The molecule has 0 fully saturated rings. The monoisotopic (exact) mass is 248 g/mol. The molecule has 18 heavy (non-hydrogen) atoms. The molecule has 1 unspecified atom stereocenters. The summed E-state index contributed by atoms with van der Waals surface area (Å²) in [5.74, 6) is -0.227. The minimum atomic E-state index is -0.182. The van der Waals surface area contributed by atoms with Gasteiger partial charge < -0.3 is 15.7 Å². The average Bonchev–Trinajstić information content (AvgIpc) is 2.68. The Balaban J connectivity index is 2.08. The second kappa shape index (κ2) is 5.18. The van der Waals surface area contributed by atoms with Crippen molar-refractivity contribution in [3.63, 3.8) is 0 Å². The smallest absolute Gasteiger partial charge is 0.251 e. The van der Waals surface area contributed by atoms with Crippen LogP contribution in [0.15, 0.2) is 18.2 Å². The Labute approximate surface area is 105 Å². The van der Waals surface area contributed by atoms with Gasteiger partial charge in [-0.2, -0.15) is 0 Å². The fourth-order valence-corrected chi connectivity index (χ4v) is 1.94. The van der Waals surface area contributed by atoms with Gasteiger partial charge in [-0.15, -0.1) is 0 Å². The molecule has 0 radical (unpaired) electrons. The van der Waals surface area contributed by atoms with Crippen LogP contribution >= 0.6 is 0 Å². The van der Waals surface area contributed by atoms with Crippen LogP contribution in [0.4, 0.5) is 5.69 Å². The molecule has 0 saturated carbocycles. The number of hydrogen-bond acceptors (Lipinski definition) is 3. The first-order valence-electron chi connectivity index (χ1n) is 5.94. The van der Waals surface area contributed by atoms with E-state index in [1.165, 1.54) is 0 Å². The fourth-order valence-electron chi connectivity index (χ4n) is 1.94. The summed E-state index contributed by atoms with van der Waals surface area (Å²) in [6.07, 6.45) is 0.847. The zero-order valence-electron chi connectivity index (χ0n) is 10.2. The van der Waals surface area contributed by atoms with Crippen LogP contribution in [0, 0.1) is 0 Å². The lowest BCUT2D eigenvalue weighted by molar-refractivity contribution is -0.115. The van der Waals surface area contributed by atoms with Crippen molar-refractivity contribution in [1.29, 1.82) is 0 Å². The summed E-state index contributed by atoms with van der Waals surface area (Å²) in [6, 6.07) is 5.08. The second-order valence-electron chi connectivity index (χ2n) is 4.48. The van der Waals surface area contributed by atoms with Gasteiger partial charge in [0.1, 0.15) is 0 Å². The van der Waals surface area contributed by atoms with Crippen molar-refractivity contribution in [2.24, 2.45) is 0 Å². The zero-order chi connectivity index (χ0) is 13.1. The number of aliphatic hydroxyl groups excluding tert-OH is 1. The maximum atomic E-state index is 11.9. The Morgan fingerprint density at radius 2 is 2.33 bits per heavy atom. The van der Waals surface area contributed by atoms with E-state index in [2.05, 4.69) is 10.6 Å². The molecule has 2 amide bonds. The van der Waals surface area contributed by atoms with Gasteiger partial charge in [0.25, 0.3) is 5.91 Å². The van der Waals surface area contributed by atoms with Crippen molar-refractivity contribution in [2.45, 2.75) is 25.8 Å². The molecule has 96 valence electrons. The van der Waals surface area contributed by atoms with Crippen molar-refractivity contribution < 1.29 is 14.7 Å². The van der Waals surface area contributed by atoms with Crippen molar-refractivity contribution in [2.75, 3.05) is 11.9 Å². The van der Waals surface area contributed by atoms with Crippen molar-refractivity contribution in [1.82, 2.24) is 5.32 Å². The van der Waals surface area contributed by atoms with E-state index >= 15 is 0 Å². The number of fused-ring (bicyclic) bond motifs is 1. The summed E-state index contributed by atoms with van der Waals surface area (Å²) in [6.45, 7) is 1.89. The van der Waals surface area contributed by atoms with E-state index in [1.54, 1.807) is 18.2 Å². The number of hydrogen-bond donors (Lipinski definition) is 3. The van der Waals surface area contributed by atoms with Crippen LogP contribution in [0.25, 0.3) is 0 Å². The number of nitrogens with one attached hydrogen (secondary N) is 2. The van der Waals surface area contributed by atoms with Crippen LogP contribution in [0.1, 0.15) is 29.3 Å². The Morgan fingerprint density at radius 1 is 1.56 bits per heavy atom. The van der Waals surface area contributed by atoms with E-state index in [-0.39, 0.29) is 24.5 Å². The highest BCUT2D eigenvalue weighted by molar-refractivity contribution is 6.01. The molecule has 0 aliphatic carbocycles. The predicted molar refractivity (Wildman–Crippen MR) is 67.4 cm³/mol. The molecule has 1 aromatic rings. The maximum Gasteiger partial charge on any atom is 0.251 e. The number of rotatable bonds is 4. The minimum Gasteiger partial charge on any atom is -0.396 e. The molecule has 1 atom stereocenters. The van der Waals surface area contributed by atoms with Gasteiger partial charge in [0.05, 0.1) is 6.42 Å². The molecule has 0 saturated heterocycles. The van der Waals surface area contributed by atoms with Crippen LogP contribution in [0.3, 0.4) is 0 Å². The molecule has 2 rings (SSSR count). The van der Waals surface area contributed by atoms with Crippen LogP contribution < -0.4 is 10.6 Å². The van der Waals surface area contributed by atoms with E-state index in [0.717, 1.165) is 11.3 Å². The van der Waals surface area contributed by atoms with Gasteiger partial charge in [0.2, 0.25) is 5.91 Å². The van der Waals surface area contributed by atoms with E-state index in [9.17, 15) is 9.59 Å². The zero-order valence-corrected chi connectivity index (χ0v) is 10.2. The molecule has 0 bridgehead atoms. The first-order valence-corrected chi connectivity index (χ1v) is 5.94. The number of amides is 2. The lowest BCUT2D eigenvalue weighted by Crippen LogP contribution is -2.33. The van der Waals surface area contributed by atoms with Crippen molar-refractivity contribution >= 4 is 17.5 Å². The third-order valence-corrected chi connectivity index (χ3v) is 2.93. The van der Waals surface area contributed by atoms with Crippen molar-refractivity contribution in [3.8, 4) is 0 Å². The normalized spacial score (nSPS) is 14.9. The molecule has 1 aliphatic heterocycles. The standard InChI is InChI=1S/C13H16N2O3/c1-8(4-5-16)14-13(18)9-2-3-11-10(6-9)7-12(17)15-11/h2-3,6,8,16H,4-5,7H2,1H3,(H,14,18)(H,15,17). The summed E-state index contributed by atoms with van der Waals surface area (Å²) in [4.78, 5) is 23.1. The fraction of sp³-hybridized carbons (Fsp3) is 0.385. The topological polar surface area (TPSA) is 78.4 Å². The lowest BCUT2D eigenvalue weighted by atomic mass is 10.1. The summed E-state index contributed by atoms with van der Waals surface area (Å²) in [7, 11) is 0. The van der Waals surface area contributed by atoms with Crippen LogP contribution in [0.2, 0.25) is 0 Å². The molecule has 1 aromatic carbocycles. The molecule has 5 heteroatoms. The van der Waals surface area contributed by atoms with Gasteiger partial charge in [-0.3, -0.25) is 9.59 Å². The van der Waals surface area contributed by atoms with Gasteiger partial charge >= 0.3 is 0 Å². The molecule has 0 spiro atoms. The molecular formula is C13H16N2O3. The second-order valence-corrected chi connectivity index (χ2v) is 4.48. The number of carbonyl (C=O) groups is 2. The van der Waals surface area contributed by atoms with Crippen LogP contribution in [-0.4, -0.2) is 29.6 Å². The number of aliphatic hydroxyl groups is 1.